The van der Waals surface area contributed by atoms with E-state index in [1.807, 2.05) is 0 Å². The van der Waals surface area contributed by atoms with Gasteiger partial charge in [0.25, 0.3) is 0 Å². The molecule has 1 spiro atoms. The molecule has 0 saturated carbocycles. The molecule has 5 aliphatic rings. The van der Waals surface area contributed by atoms with Gasteiger partial charge in [-0.25, -0.2) is 0 Å². The first-order valence-electron chi connectivity index (χ1n) is 26.3. The van der Waals surface area contributed by atoms with Crippen LogP contribution in [0.5, 0.6) is 11.5 Å². The molecular formula is C72H53NO. The molecule has 0 bridgehead atoms. The summed E-state index contributed by atoms with van der Waals surface area (Å²) in [7, 11) is 0. The molecule has 0 N–H and O–H groups in total. The van der Waals surface area contributed by atoms with E-state index in [1.165, 1.54) is 94.5 Å². The molecule has 10 aromatic rings. The van der Waals surface area contributed by atoms with Crippen LogP contribution in [0.25, 0.3) is 54.9 Å². The smallest absolute Gasteiger partial charge is 0.140 e. The van der Waals surface area contributed by atoms with E-state index in [4.69, 9.17) is 4.74 Å². The van der Waals surface area contributed by atoms with Gasteiger partial charge in [0.1, 0.15) is 11.5 Å². The van der Waals surface area contributed by atoms with Crippen LogP contribution in [-0.4, -0.2) is 6.04 Å². The summed E-state index contributed by atoms with van der Waals surface area (Å²) >= 11 is 0. The Labute approximate surface area is 433 Å². The molecule has 1 aliphatic heterocycles. The van der Waals surface area contributed by atoms with Crippen LogP contribution in [0.3, 0.4) is 0 Å². The van der Waals surface area contributed by atoms with Gasteiger partial charge in [0.15, 0.2) is 0 Å². The van der Waals surface area contributed by atoms with E-state index in [0.29, 0.717) is 0 Å². The van der Waals surface area contributed by atoms with Crippen molar-refractivity contribution in [2.24, 2.45) is 11.8 Å². The Morgan fingerprint density at radius 3 is 1.76 bits per heavy atom. The van der Waals surface area contributed by atoms with Crippen LogP contribution < -0.4 is 9.64 Å². The zero-order valence-electron chi connectivity index (χ0n) is 41.5. The molecule has 4 atom stereocenters. The second kappa shape index (κ2) is 16.4. The molecule has 10 aromatic carbocycles. The summed E-state index contributed by atoms with van der Waals surface area (Å²) in [6.07, 6.45) is 17.0. The van der Waals surface area contributed by atoms with Crippen molar-refractivity contribution in [2.75, 3.05) is 4.90 Å². The van der Waals surface area contributed by atoms with E-state index >= 15 is 0 Å². The van der Waals surface area contributed by atoms with Crippen molar-refractivity contribution < 1.29 is 4.74 Å². The van der Waals surface area contributed by atoms with E-state index in [-0.39, 0.29) is 29.2 Å². The van der Waals surface area contributed by atoms with Gasteiger partial charge >= 0.3 is 0 Å². The van der Waals surface area contributed by atoms with Crippen molar-refractivity contribution in [2.45, 2.75) is 36.6 Å². The van der Waals surface area contributed by atoms with Crippen molar-refractivity contribution in [3.63, 3.8) is 0 Å². The van der Waals surface area contributed by atoms with Gasteiger partial charge in [-0.2, -0.15) is 0 Å². The first-order chi connectivity index (χ1) is 36.5. The summed E-state index contributed by atoms with van der Waals surface area (Å²) in [5.41, 5.74) is 18.4. The third kappa shape index (κ3) is 6.06. The van der Waals surface area contributed by atoms with Crippen LogP contribution in [-0.2, 0) is 10.8 Å². The van der Waals surface area contributed by atoms with Crippen LogP contribution in [0.15, 0.2) is 266 Å². The standard InChI is InChI=1S/C72H53NO/c1-71(2)60-34-16-12-29-54(60)55-42-41-49(45-65(55)71)73(66-37-18-14-30-56(66)53-28-11-10-25-50(53)46-21-4-3-5-22-46)67-38-19-15-31-57(67)58-33-20-36-62-68(58)59-32-13-17-35-61(59)72(62)63-43-39-47-23-6-8-26-51(47)69(63)74-70-52-27-9-7-24-48(52)40-44-64(70)72/h3-45,57-58,67-68H,1-2H3. The lowest BCUT2D eigenvalue weighted by Gasteiger charge is -2.45. The maximum Gasteiger partial charge on any atom is 0.140 e. The summed E-state index contributed by atoms with van der Waals surface area (Å²) < 4.78 is 7.35. The van der Waals surface area contributed by atoms with E-state index in [1.54, 1.807) is 0 Å². The maximum atomic E-state index is 7.35. The molecule has 2 heteroatoms. The highest BCUT2D eigenvalue weighted by molar-refractivity contribution is 5.98. The normalized spacial score (nSPS) is 19.7. The molecule has 0 fully saturated rings. The fraction of sp³-hybridized carbons (Fsp3) is 0.111. The predicted molar refractivity (Wildman–Crippen MR) is 307 cm³/mol. The lowest BCUT2D eigenvalue weighted by molar-refractivity contribution is 0.380. The molecule has 4 aliphatic carbocycles. The van der Waals surface area contributed by atoms with E-state index in [9.17, 15) is 0 Å². The number of anilines is 2. The molecule has 15 rings (SSSR count). The van der Waals surface area contributed by atoms with Gasteiger partial charge in [-0.1, -0.05) is 257 Å². The van der Waals surface area contributed by atoms with E-state index in [0.717, 1.165) is 22.3 Å². The van der Waals surface area contributed by atoms with Crippen molar-refractivity contribution in [1.82, 2.24) is 0 Å². The Bertz CT molecular complexity index is 3990. The lowest BCUT2D eigenvalue weighted by Crippen LogP contribution is -2.42. The van der Waals surface area contributed by atoms with Gasteiger partial charge in [0.2, 0.25) is 0 Å². The molecule has 352 valence electrons. The topological polar surface area (TPSA) is 12.5 Å². The van der Waals surface area contributed by atoms with Gasteiger partial charge in [-0.15, -0.1) is 0 Å². The number of para-hydroxylation sites is 1. The van der Waals surface area contributed by atoms with Gasteiger partial charge in [0, 0.05) is 56.1 Å². The second-order valence-electron chi connectivity index (χ2n) is 21.4. The number of nitrogens with zero attached hydrogens (tertiary/aromatic N) is 1. The lowest BCUT2D eigenvalue weighted by atomic mass is 9.61. The van der Waals surface area contributed by atoms with Crippen LogP contribution in [0.4, 0.5) is 11.4 Å². The SMILES string of the molecule is CC1(C)c2ccccc2-c2ccc(N(c3ccccc3-c3ccccc3-c3ccccc3)C3C=CC=CC3C3C=CC=C4C3c3ccccc3C43c4ccc5ccccc5c4Oc4c3ccc3ccccc43)cc21. The third-order valence-electron chi connectivity index (χ3n) is 17.4. The fourth-order valence-corrected chi connectivity index (χ4v) is 14.2. The van der Waals surface area contributed by atoms with Crippen molar-refractivity contribution in [1.29, 1.82) is 0 Å². The molecule has 0 saturated heterocycles. The van der Waals surface area contributed by atoms with Crippen LogP contribution in [0.1, 0.15) is 53.1 Å². The Morgan fingerprint density at radius 1 is 0.419 bits per heavy atom. The summed E-state index contributed by atoms with van der Waals surface area (Å²) in [4.78, 5) is 2.70. The van der Waals surface area contributed by atoms with Crippen LogP contribution in [0, 0.1) is 11.8 Å². The predicted octanol–water partition coefficient (Wildman–Crippen LogP) is 18.2. The van der Waals surface area contributed by atoms with Crippen LogP contribution >= 0.6 is 0 Å². The van der Waals surface area contributed by atoms with Crippen molar-refractivity contribution in [3.05, 3.63) is 300 Å². The minimum absolute atomic E-state index is 0.0603. The summed E-state index contributed by atoms with van der Waals surface area (Å²) in [6.45, 7) is 4.79. The average molecular weight is 948 g/mol. The number of hydrogen-bond acceptors (Lipinski definition) is 2. The molecular weight excluding hydrogens is 895 g/mol. The monoisotopic (exact) mass is 947 g/mol. The molecule has 0 radical (unpaired) electrons. The Kier molecular flexibility index (Phi) is 9.51. The first kappa shape index (κ1) is 42.9. The molecule has 1 heterocycles. The summed E-state index contributed by atoms with van der Waals surface area (Å²) in [6, 6.07) is 81.4. The number of hydrogen-bond donors (Lipinski definition) is 0. The van der Waals surface area contributed by atoms with Gasteiger partial charge in [-0.3, -0.25) is 0 Å². The van der Waals surface area contributed by atoms with Gasteiger partial charge in [0.05, 0.1) is 11.5 Å². The summed E-state index contributed by atoms with van der Waals surface area (Å²) in [5.74, 6) is 2.14. The fourth-order valence-electron chi connectivity index (χ4n) is 14.2. The molecule has 74 heavy (non-hydrogen) atoms. The molecule has 2 nitrogen and oxygen atoms in total. The highest BCUT2D eigenvalue weighted by Crippen LogP contribution is 2.68. The minimum Gasteiger partial charge on any atom is -0.455 e. The minimum atomic E-state index is -0.598. The van der Waals surface area contributed by atoms with E-state index in [2.05, 4.69) is 280 Å². The Balaban J connectivity index is 0.941. The molecule has 0 aromatic heterocycles. The quantitative estimate of drug-likeness (QED) is 0.165. The number of rotatable bonds is 6. The zero-order chi connectivity index (χ0) is 49.1. The van der Waals surface area contributed by atoms with E-state index < -0.39 is 5.41 Å². The zero-order valence-corrected chi connectivity index (χ0v) is 41.5. The van der Waals surface area contributed by atoms with Crippen molar-refractivity contribution >= 4 is 32.9 Å². The summed E-state index contributed by atoms with van der Waals surface area (Å²) in [5, 5.41) is 4.62. The number of allylic oxidation sites excluding steroid dienone is 6. The third-order valence-corrected chi connectivity index (χ3v) is 17.4. The number of fused-ring (bicyclic) bond motifs is 16. The first-order valence-corrected chi connectivity index (χ1v) is 26.3. The molecule has 0 amide bonds. The largest absolute Gasteiger partial charge is 0.455 e. The van der Waals surface area contributed by atoms with Gasteiger partial charge < -0.3 is 9.64 Å². The highest BCUT2D eigenvalue weighted by atomic mass is 16.5. The Morgan fingerprint density at radius 2 is 1.00 bits per heavy atom. The molecule has 4 unspecified atom stereocenters. The number of ether oxygens (including phenoxy) is 1. The average Bonchev–Trinajstić information content (AvgIpc) is 4.03. The van der Waals surface area contributed by atoms with Gasteiger partial charge in [-0.05, 0) is 90.5 Å². The van der Waals surface area contributed by atoms with Crippen molar-refractivity contribution in [3.8, 4) is 44.9 Å². The second-order valence-corrected chi connectivity index (χ2v) is 21.4. The number of benzene rings is 10. The maximum absolute atomic E-state index is 7.35. The highest BCUT2D eigenvalue weighted by Gasteiger charge is 2.58. The van der Waals surface area contributed by atoms with Crippen LogP contribution in [0.2, 0.25) is 0 Å². The Hall–Kier alpha value is -8.72.